The zero-order chi connectivity index (χ0) is 18.6. The van der Waals surface area contributed by atoms with Crippen LogP contribution in [0.5, 0.6) is 5.75 Å². The van der Waals surface area contributed by atoms with Gasteiger partial charge in [0, 0.05) is 18.9 Å². The fourth-order valence-electron chi connectivity index (χ4n) is 2.78. The standard InChI is InChI=1S/C19H28N4O2/c1-7-15(20-13(2)24)18-21-17(22-23(18)19(3,4)5)12-14-10-8-9-11-16(14)25-6/h8-11,15H,7,12H2,1-6H3,(H,20,24). The molecule has 1 aromatic carbocycles. The molecule has 0 aliphatic carbocycles. The van der Waals surface area contributed by atoms with Crippen molar-refractivity contribution in [1.29, 1.82) is 0 Å². The molecule has 1 heterocycles. The number of ether oxygens (including phenoxy) is 1. The van der Waals surface area contributed by atoms with Gasteiger partial charge >= 0.3 is 0 Å². The van der Waals surface area contributed by atoms with Crippen LogP contribution in [0.25, 0.3) is 0 Å². The number of carbonyl (C=O) groups excluding carboxylic acids is 1. The molecule has 0 aliphatic rings. The molecular weight excluding hydrogens is 316 g/mol. The Balaban J connectivity index is 2.42. The van der Waals surface area contributed by atoms with Gasteiger partial charge in [0.2, 0.25) is 5.91 Å². The topological polar surface area (TPSA) is 69.0 Å². The van der Waals surface area contributed by atoms with Crippen LogP contribution in [0.4, 0.5) is 0 Å². The summed E-state index contributed by atoms with van der Waals surface area (Å²) in [5, 5.41) is 7.70. The number of rotatable bonds is 6. The van der Waals surface area contributed by atoms with Crippen molar-refractivity contribution in [2.75, 3.05) is 7.11 Å². The van der Waals surface area contributed by atoms with Gasteiger partial charge in [-0.15, -0.1) is 0 Å². The molecule has 6 nitrogen and oxygen atoms in total. The molecule has 0 bridgehead atoms. The molecule has 1 aromatic heterocycles. The Morgan fingerprint density at radius 1 is 1.32 bits per heavy atom. The molecule has 25 heavy (non-hydrogen) atoms. The van der Waals surface area contributed by atoms with Crippen molar-refractivity contribution in [3.8, 4) is 5.75 Å². The van der Waals surface area contributed by atoms with Gasteiger partial charge in [0.25, 0.3) is 0 Å². The highest BCUT2D eigenvalue weighted by molar-refractivity contribution is 5.73. The minimum absolute atomic E-state index is 0.0680. The SMILES string of the molecule is CCC(NC(C)=O)c1nc(Cc2ccccc2OC)nn1C(C)(C)C. The Morgan fingerprint density at radius 2 is 2.00 bits per heavy atom. The fourth-order valence-corrected chi connectivity index (χ4v) is 2.78. The van der Waals surface area contributed by atoms with Crippen LogP contribution in [0.2, 0.25) is 0 Å². The summed E-state index contributed by atoms with van der Waals surface area (Å²) in [6, 6.07) is 7.71. The highest BCUT2D eigenvalue weighted by atomic mass is 16.5. The largest absolute Gasteiger partial charge is 0.496 e. The smallest absolute Gasteiger partial charge is 0.217 e. The van der Waals surface area contributed by atoms with Gasteiger partial charge in [-0.3, -0.25) is 4.79 Å². The van der Waals surface area contributed by atoms with Crippen LogP contribution < -0.4 is 10.1 Å². The number of hydrogen-bond donors (Lipinski definition) is 1. The van der Waals surface area contributed by atoms with Gasteiger partial charge in [0.05, 0.1) is 18.7 Å². The van der Waals surface area contributed by atoms with Crippen molar-refractivity contribution in [2.45, 2.75) is 59.0 Å². The molecule has 0 saturated heterocycles. The Bertz CT molecular complexity index is 731. The first kappa shape index (κ1) is 19.0. The van der Waals surface area contributed by atoms with Gasteiger partial charge in [-0.2, -0.15) is 5.10 Å². The van der Waals surface area contributed by atoms with E-state index in [0.717, 1.165) is 29.4 Å². The van der Waals surface area contributed by atoms with Crippen molar-refractivity contribution in [3.63, 3.8) is 0 Å². The maximum Gasteiger partial charge on any atom is 0.217 e. The summed E-state index contributed by atoms with van der Waals surface area (Å²) in [4.78, 5) is 16.3. The van der Waals surface area contributed by atoms with E-state index in [1.807, 2.05) is 35.9 Å². The lowest BCUT2D eigenvalue weighted by molar-refractivity contribution is -0.119. The van der Waals surface area contributed by atoms with Crippen LogP contribution in [-0.4, -0.2) is 27.8 Å². The highest BCUT2D eigenvalue weighted by Gasteiger charge is 2.26. The average molecular weight is 344 g/mol. The third-order valence-electron chi connectivity index (χ3n) is 3.95. The lowest BCUT2D eigenvalue weighted by Gasteiger charge is -2.24. The van der Waals surface area contributed by atoms with Gasteiger partial charge in [0.1, 0.15) is 11.6 Å². The van der Waals surface area contributed by atoms with Crippen LogP contribution >= 0.6 is 0 Å². The molecule has 1 N–H and O–H groups in total. The Kier molecular flexibility index (Phi) is 5.82. The number of para-hydroxylation sites is 1. The molecule has 0 spiro atoms. The molecule has 2 aromatic rings. The van der Waals surface area contributed by atoms with Crippen molar-refractivity contribution < 1.29 is 9.53 Å². The van der Waals surface area contributed by atoms with Crippen LogP contribution in [0.15, 0.2) is 24.3 Å². The lowest BCUT2D eigenvalue weighted by atomic mass is 10.1. The van der Waals surface area contributed by atoms with Gasteiger partial charge in [-0.05, 0) is 33.3 Å². The predicted octanol–water partition coefficient (Wildman–Crippen LogP) is 3.22. The third kappa shape index (κ3) is 4.59. The molecule has 6 heteroatoms. The first-order chi connectivity index (χ1) is 11.8. The number of hydrogen-bond acceptors (Lipinski definition) is 4. The number of methoxy groups -OCH3 is 1. The quantitative estimate of drug-likeness (QED) is 0.873. The number of benzene rings is 1. The molecule has 0 aliphatic heterocycles. The second-order valence-electron chi connectivity index (χ2n) is 7.12. The Labute approximate surface area is 149 Å². The second kappa shape index (κ2) is 7.68. The monoisotopic (exact) mass is 344 g/mol. The maximum absolute atomic E-state index is 11.5. The number of aromatic nitrogens is 3. The predicted molar refractivity (Wildman–Crippen MR) is 97.7 cm³/mol. The van der Waals surface area contributed by atoms with Gasteiger partial charge in [-0.1, -0.05) is 25.1 Å². The number of nitrogens with one attached hydrogen (secondary N) is 1. The zero-order valence-electron chi connectivity index (χ0n) is 16.0. The summed E-state index contributed by atoms with van der Waals surface area (Å²) in [6.45, 7) is 9.80. The summed E-state index contributed by atoms with van der Waals surface area (Å²) in [5.74, 6) is 2.26. The van der Waals surface area contributed by atoms with Crippen LogP contribution in [0.3, 0.4) is 0 Å². The van der Waals surface area contributed by atoms with E-state index >= 15 is 0 Å². The first-order valence-electron chi connectivity index (χ1n) is 8.61. The van der Waals surface area contributed by atoms with Gasteiger partial charge < -0.3 is 10.1 Å². The Hall–Kier alpha value is -2.37. The summed E-state index contributed by atoms with van der Waals surface area (Å²) in [7, 11) is 1.66. The van der Waals surface area contributed by atoms with E-state index in [9.17, 15) is 4.79 Å². The Morgan fingerprint density at radius 3 is 2.56 bits per heavy atom. The molecule has 2 rings (SSSR count). The molecular formula is C19H28N4O2. The van der Waals surface area contributed by atoms with E-state index in [1.165, 1.54) is 6.92 Å². The molecule has 0 saturated carbocycles. The number of amides is 1. The molecule has 136 valence electrons. The van der Waals surface area contributed by atoms with Gasteiger partial charge in [0.15, 0.2) is 5.82 Å². The normalized spacial score (nSPS) is 12.7. The molecule has 0 radical (unpaired) electrons. The van der Waals surface area contributed by atoms with Crippen molar-refractivity contribution in [3.05, 3.63) is 41.5 Å². The van der Waals surface area contributed by atoms with E-state index in [1.54, 1.807) is 7.11 Å². The van der Waals surface area contributed by atoms with Crippen molar-refractivity contribution >= 4 is 5.91 Å². The number of nitrogens with zero attached hydrogens (tertiary/aromatic N) is 3. The highest BCUT2D eigenvalue weighted by Crippen LogP contribution is 2.25. The summed E-state index contributed by atoms with van der Waals surface area (Å²) in [5.41, 5.74) is 0.808. The minimum atomic E-state index is -0.229. The summed E-state index contributed by atoms with van der Waals surface area (Å²) in [6.07, 6.45) is 1.33. The fraction of sp³-hybridized carbons (Fsp3) is 0.526. The van der Waals surface area contributed by atoms with Crippen LogP contribution in [-0.2, 0) is 16.8 Å². The van der Waals surface area contributed by atoms with Gasteiger partial charge in [-0.25, -0.2) is 9.67 Å². The van der Waals surface area contributed by atoms with E-state index in [2.05, 4.69) is 26.1 Å². The van der Waals surface area contributed by atoms with E-state index < -0.39 is 0 Å². The maximum atomic E-state index is 11.5. The van der Waals surface area contributed by atoms with E-state index in [4.69, 9.17) is 14.8 Å². The van der Waals surface area contributed by atoms with Crippen LogP contribution in [0.1, 0.15) is 64.3 Å². The van der Waals surface area contributed by atoms with E-state index in [0.29, 0.717) is 6.42 Å². The molecule has 1 unspecified atom stereocenters. The van der Waals surface area contributed by atoms with Crippen molar-refractivity contribution in [2.24, 2.45) is 0 Å². The van der Waals surface area contributed by atoms with Crippen LogP contribution in [0, 0.1) is 0 Å². The molecule has 1 atom stereocenters. The summed E-state index contributed by atoms with van der Waals surface area (Å²) >= 11 is 0. The molecule has 0 fully saturated rings. The zero-order valence-corrected chi connectivity index (χ0v) is 16.0. The first-order valence-corrected chi connectivity index (χ1v) is 8.61. The second-order valence-corrected chi connectivity index (χ2v) is 7.12. The lowest BCUT2D eigenvalue weighted by Crippen LogP contribution is -2.33. The van der Waals surface area contributed by atoms with Crippen molar-refractivity contribution in [1.82, 2.24) is 20.1 Å². The number of carbonyl (C=O) groups is 1. The third-order valence-corrected chi connectivity index (χ3v) is 3.95. The summed E-state index contributed by atoms with van der Waals surface area (Å²) < 4.78 is 7.34. The van der Waals surface area contributed by atoms with E-state index in [-0.39, 0.29) is 17.5 Å². The average Bonchev–Trinajstić information content (AvgIpc) is 2.97. The molecule has 1 amide bonds. The minimum Gasteiger partial charge on any atom is -0.496 e.